The molecule has 1 aromatic carbocycles. The van der Waals surface area contributed by atoms with Crippen molar-refractivity contribution in [2.45, 2.75) is 6.42 Å². The normalized spacial score (nSPS) is 27.9. The van der Waals surface area contributed by atoms with Crippen LogP contribution in [0.3, 0.4) is 0 Å². The molecular formula is C16H14ClNO5. The zero-order valence-electron chi connectivity index (χ0n) is 11.9. The van der Waals surface area contributed by atoms with Gasteiger partial charge in [-0.05, 0) is 36.5 Å². The molecule has 2 bridgehead atoms. The maximum absolute atomic E-state index is 12.5. The summed E-state index contributed by atoms with van der Waals surface area (Å²) in [7, 11) is 0. The second kappa shape index (κ2) is 5.70. The van der Waals surface area contributed by atoms with Crippen LogP contribution in [-0.2, 0) is 9.59 Å². The van der Waals surface area contributed by atoms with E-state index in [1.165, 1.54) is 18.2 Å². The number of halogens is 1. The Morgan fingerprint density at radius 3 is 2.30 bits per heavy atom. The molecule has 0 heterocycles. The monoisotopic (exact) mass is 335 g/mol. The van der Waals surface area contributed by atoms with E-state index in [0.29, 0.717) is 12.1 Å². The Morgan fingerprint density at radius 2 is 1.74 bits per heavy atom. The van der Waals surface area contributed by atoms with Crippen LogP contribution in [0.25, 0.3) is 0 Å². The predicted molar refractivity (Wildman–Crippen MR) is 82.4 cm³/mol. The van der Waals surface area contributed by atoms with Crippen molar-refractivity contribution in [2.75, 3.05) is 5.32 Å². The fraction of sp³-hybridized carbons (Fsp3) is 0.312. The number of nitrogens with one attached hydrogen (secondary N) is 1. The van der Waals surface area contributed by atoms with Gasteiger partial charge in [0.25, 0.3) is 0 Å². The minimum absolute atomic E-state index is 0.0120. The Morgan fingerprint density at radius 1 is 1.09 bits per heavy atom. The Hall–Kier alpha value is -2.34. The topological polar surface area (TPSA) is 104 Å². The Kier molecular flexibility index (Phi) is 3.85. The van der Waals surface area contributed by atoms with E-state index in [2.05, 4.69) is 5.32 Å². The molecule has 120 valence electrons. The molecule has 7 heteroatoms. The molecule has 0 spiro atoms. The Labute approximate surface area is 136 Å². The van der Waals surface area contributed by atoms with E-state index in [9.17, 15) is 19.5 Å². The summed E-state index contributed by atoms with van der Waals surface area (Å²) in [5, 5.41) is 21.0. The highest BCUT2D eigenvalue weighted by atomic mass is 35.5. The number of benzene rings is 1. The fourth-order valence-corrected chi connectivity index (χ4v) is 3.77. The predicted octanol–water partition coefficient (Wildman–Crippen LogP) is 2.50. The van der Waals surface area contributed by atoms with Crippen molar-refractivity contribution in [3.8, 4) is 0 Å². The first-order valence-corrected chi connectivity index (χ1v) is 7.51. The second-order valence-electron chi connectivity index (χ2n) is 5.83. The molecule has 0 aliphatic heterocycles. The first-order chi connectivity index (χ1) is 10.9. The molecule has 0 radical (unpaired) electrons. The molecule has 6 nitrogen and oxygen atoms in total. The minimum Gasteiger partial charge on any atom is -0.481 e. The Bertz CT molecular complexity index is 729. The van der Waals surface area contributed by atoms with Crippen molar-refractivity contribution in [2.24, 2.45) is 23.7 Å². The standard InChI is InChI=1S/C16H14ClNO5/c17-11-6-9(3-4-10(11)15(20)21)18-14(19)12-7-1-2-8(5-7)13(12)16(22)23/h1-4,6-8,12-13H,5H2,(H,18,19)(H,20,21)(H,22,23)/t7-,8-,12-,13+/m0/s1. The number of carboxylic acid groups (broad SMARTS) is 2. The number of amides is 1. The summed E-state index contributed by atoms with van der Waals surface area (Å²) in [6.07, 6.45) is 4.44. The van der Waals surface area contributed by atoms with Gasteiger partial charge in [0.05, 0.1) is 22.4 Å². The highest BCUT2D eigenvalue weighted by molar-refractivity contribution is 6.33. The second-order valence-corrected chi connectivity index (χ2v) is 6.23. The number of aromatic carboxylic acids is 1. The lowest BCUT2D eigenvalue weighted by Gasteiger charge is -2.23. The summed E-state index contributed by atoms with van der Waals surface area (Å²) in [6, 6.07) is 4.09. The minimum atomic E-state index is -1.16. The number of hydrogen-bond donors (Lipinski definition) is 3. The summed E-state index contributed by atoms with van der Waals surface area (Å²) in [4.78, 5) is 34.8. The molecular weight excluding hydrogens is 322 g/mol. The van der Waals surface area contributed by atoms with Crippen LogP contribution >= 0.6 is 11.6 Å². The zero-order valence-corrected chi connectivity index (χ0v) is 12.7. The lowest BCUT2D eigenvalue weighted by molar-refractivity contribution is -0.146. The van der Waals surface area contributed by atoms with E-state index in [4.69, 9.17) is 16.7 Å². The molecule has 3 rings (SSSR count). The molecule has 1 saturated carbocycles. The van der Waals surface area contributed by atoms with E-state index in [1.807, 2.05) is 12.2 Å². The van der Waals surface area contributed by atoms with Gasteiger partial charge >= 0.3 is 11.9 Å². The summed E-state index contributed by atoms with van der Waals surface area (Å²) in [5.74, 6) is -4.04. The van der Waals surface area contributed by atoms with Gasteiger partial charge in [0.1, 0.15) is 0 Å². The third-order valence-corrected chi connectivity index (χ3v) is 4.83. The van der Waals surface area contributed by atoms with Gasteiger partial charge in [0.15, 0.2) is 0 Å². The van der Waals surface area contributed by atoms with Crippen LogP contribution in [0.4, 0.5) is 5.69 Å². The van der Waals surface area contributed by atoms with Gasteiger partial charge in [0.2, 0.25) is 5.91 Å². The van der Waals surface area contributed by atoms with Crippen LogP contribution in [0.15, 0.2) is 30.4 Å². The number of hydrogen-bond acceptors (Lipinski definition) is 3. The average molecular weight is 336 g/mol. The maximum Gasteiger partial charge on any atom is 0.337 e. The lowest BCUT2D eigenvalue weighted by atomic mass is 9.82. The number of carbonyl (C=O) groups excluding carboxylic acids is 1. The van der Waals surface area contributed by atoms with Crippen molar-refractivity contribution in [1.29, 1.82) is 0 Å². The highest BCUT2D eigenvalue weighted by Crippen LogP contribution is 2.48. The molecule has 1 fully saturated rings. The molecule has 3 N–H and O–H groups in total. The third-order valence-electron chi connectivity index (χ3n) is 4.51. The number of anilines is 1. The summed E-state index contributed by atoms with van der Waals surface area (Å²) >= 11 is 5.87. The van der Waals surface area contributed by atoms with Gasteiger partial charge in [-0.15, -0.1) is 0 Å². The van der Waals surface area contributed by atoms with Gasteiger partial charge < -0.3 is 15.5 Å². The Balaban J connectivity index is 1.79. The SMILES string of the molecule is O=C(O)c1ccc(NC(=O)[C@@H]2[C@H](C(=O)O)[C@H]3C=C[C@H]2C3)cc1Cl. The van der Waals surface area contributed by atoms with Gasteiger partial charge in [0, 0.05) is 5.69 Å². The van der Waals surface area contributed by atoms with Crippen LogP contribution in [0, 0.1) is 23.7 Å². The molecule has 0 aromatic heterocycles. The van der Waals surface area contributed by atoms with Crippen molar-refractivity contribution in [3.05, 3.63) is 40.9 Å². The zero-order chi connectivity index (χ0) is 16.7. The summed E-state index contributed by atoms with van der Waals surface area (Å²) in [5.41, 5.74) is 0.289. The third kappa shape index (κ3) is 2.70. The van der Waals surface area contributed by atoms with Crippen molar-refractivity contribution in [1.82, 2.24) is 0 Å². The number of allylic oxidation sites excluding steroid dienone is 2. The molecule has 2 aliphatic rings. The highest BCUT2D eigenvalue weighted by Gasteiger charge is 2.51. The van der Waals surface area contributed by atoms with Crippen LogP contribution < -0.4 is 5.32 Å². The van der Waals surface area contributed by atoms with Crippen molar-refractivity contribution >= 4 is 35.1 Å². The summed E-state index contributed by atoms with van der Waals surface area (Å²) < 4.78 is 0. The quantitative estimate of drug-likeness (QED) is 0.733. The number of aliphatic carboxylic acids is 1. The molecule has 0 unspecified atom stereocenters. The van der Waals surface area contributed by atoms with E-state index in [1.54, 1.807) is 0 Å². The van der Waals surface area contributed by atoms with Gasteiger partial charge in [-0.25, -0.2) is 4.79 Å². The van der Waals surface area contributed by atoms with Crippen molar-refractivity contribution < 1.29 is 24.6 Å². The smallest absolute Gasteiger partial charge is 0.337 e. The molecule has 23 heavy (non-hydrogen) atoms. The summed E-state index contributed by atoms with van der Waals surface area (Å²) in [6.45, 7) is 0. The van der Waals surface area contributed by atoms with Crippen LogP contribution in [0.1, 0.15) is 16.8 Å². The van der Waals surface area contributed by atoms with Gasteiger partial charge in [-0.3, -0.25) is 9.59 Å². The maximum atomic E-state index is 12.5. The molecule has 1 amide bonds. The number of rotatable bonds is 4. The van der Waals surface area contributed by atoms with E-state index < -0.39 is 23.8 Å². The molecule has 1 aromatic rings. The van der Waals surface area contributed by atoms with E-state index in [-0.39, 0.29) is 28.3 Å². The van der Waals surface area contributed by atoms with Crippen LogP contribution in [0.2, 0.25) is 5.02 Å². The van der Waals surface area contributed by atoms with E-state index in [0.717, 1.165) is 0 Å². The number of fused-ring (bicyclic) bond motifs is 2. The first-order valence-electron chi connectivity index (χ1n) is 7.13. The van der Waals surface area contributed by atoms with E-state index >= 15 is 0 Å². The van der Waals surface area contributed by atoms with Crippen molar-refractivity contribution in [3.63, 3.8) is 0 Å². The largest absolute Gasteiger partial charge is 0.481 e. The number of carboxylic acids is 2. The lowest BCUT2D eigenvalue weighted by Crippen LogP contribution is -2.36. The van der Waals surface area contributed by atoms with Gasteiger partial charge in [-0.1, -0.05) is 23.8 Å². The van der Waals surface area contributed by atoms with Crippen LogP contribution in [-0.4, -0.2) is 28.1 Å². The first kappa shape index (κ1) is 15.6. The molecule has 0 saturated heterocycles. The average Bonchev–Trinajstić information content (AvgIpc) is 3.07. The van der Waals surface area contributed by atoms with Crippen LogP contribution in [0.5, 0.6) is 0 Å². The molecule has 4 atom stereocenters. The van der Waals surface area contributed by atoms with Gasteiger partial charge in [-0.2, -0.15) is 0 Å². The fourth-order valence-electron chi connectivity index (χ4n) is 3.51. The molecule has 2 aliphatic carbocycles. The number of carbonyl (C=O) groups is 3.